The summed E-state index contributed by atoms with van der Waals surface area (Å²) >= 11 is 0. The van der Waals surface area contributed by atoms with Crippen molar-refractivity contribution in [2.24, 2.45) is 35.1 Å². The highest BCUT2D eigenvalue weighted by molar-refractivity contribution is 7.85. The molecule has 92 heavy (non-hydrogen) atoms. The number of rotatable bonds is 64. The number of aliphatic carboxylic acids is 1. The van der Waals surface area contributed by atoms with Gasteiger partial charge in [0.05, 0.1) is 57.2 Å². The number of allylic oxidation sites excluding steroid dienone is 1. The maximum absolute atomic E-state index is 14.4. The molecule has 0 spiro atoms. The van der Waals surface area contributed by atoms with Crippen LogP contribution in [0.15, 0.2) is 36.5 Å². The van der Waals surface area contributed by atoms with E-state index in [2.05, 4.69) is 27.8 Å². The Hall–Kier alpha value is -5.70. The summed E-state index contributed by atoms with van der Waals surface area (Å²) in [6, 6.07) is 4.59. The first-order valence-electron chi connectivity index (χ1n) is 33.6. The van der Waals surface area contributed by atoms with Crippen molar-refractivity contribution in [3.63, 3.8) is 0 Å². The maximum atomic E-state index is 14.4. The van der Waals surface area contributed by atoms with Gasteiger partial charge in [0.25, 0.3) is 10.1 Å². The zero-order valence-corrected chi connectivity index (χ0v) is 56.4. The van der Waals surface area contributed by atoms with Crippen LogP contribution in [0.2, 0.25) is 0 Å². The largest absolute Gasteiger partial charge is 0.508 e. The number of carbonyl (C=O) groups is 8. The van der Waals surface area contributed by atoms with Crippen LogP contribution in [-0.2, 0) is 73.8 Å². The van der Waals surface area contributed by atoms with Crippen LogP contribution in [0.25, 0.3) is 0 Å². The lowest BCUT2D eigenvalue weighted by Crippen LogP contribution is -2.45. The van der Waals surface area contributed by atoms with Crippen molar-refractivity contribution < 1.29 is 80.5 Å². The number of primary amides is 1. The third-order valence-electron chi connectivity index (χ3n) is 16.1. The van der Waals surface area contributed by atoms with Gasteiger partial charge in [0.1, 0.15) is 36.6 Å². The Morgan fingerprint density at radius 3 is 1.77 bits per heavy atom. The Morgan fingerprint density at radius 1 is 0.609 bits per heavy atom. The van der Waals surface area contributed by atoms with Crippen molar-refractivity contribution in [1.29, 1.82) is 5.41 Å². The molecule has 0 heterocycles. The molecule has 0 radical (unpaired) electrons. The summed E-state index contributed by atoms with van der Waals surface area (Å²) in [6.45, 7) is 11.2. The number of carbonyl (C=O) groups excluding carboxylic acids is 7. The van der Waals surface area contributed by atoms with Gasteiger partial charge in [-0.3, -0.25) is 43.5 Å². The Labute approximate surface area is 548 Å². The zero-order valence-electron chi connectivity index (χ0n) is 55.6. The minimum absolute atomic E-state index is 0.0142. The fraction of sp³-hybridized carbons (Fsp3) is 0.746. The summed E-state index contributed by atoms with van der Waals surface area (Å²) in [4.78, 5) is 103. The number of phenols is 1. The molecule has 0 aromatic heterocycles. The van der Waals surface area contributed by atoms with Gasteiger partial charge < -0.3 is 61.9 Å². The number of ether oxygens (including phenoxy) is 4. The molecule has 3 amide bonds. The lowest BCUT2D eigenvalue weighted by atomic mass is 9.77. The number of benzene rings is 1. The Balaban J connectivity index is 2.30. The normalized spacial score (nSPS) is 13.5. The molecule has 24 nitrogen and oxygen atoms in total. The average Bonchev–Trinajstić information content (AvgIpc) is 1.31. The second-order valence-corrected chi connectivity index (χ2v) is 25.9. The summed E-state index contributed by atoms with van der Waals surface area (Å²) in [5.41, 5.74) is 12.7. The number of carboxylic acids is 1. The third-order valence-corrected chi connectivity index (χ3v) is 16.9. The number of ketones is 4. The number of nitrogens with one attached hydrogen (secondary N) is 5. The Morgan fingerprint density at radius 2 is 1.17 bits per heavy atom. The molecule has 2 unspecified atom stereocenters. The van der Waals surface area contributed by atoms with Gasteiger partial charge in [0, 0.05) is 75.3 Å². The average molecular weight is 1320 g/mol. The van der Waals surface area contributed by atoms with E-state index in [1.165, 1.54) is 37.8 Å². The molecule has 0 saturated carbocycles. The summed E-state index contributed by atoms with van der Waals surface area (Å²) in [5, 5.41) is 38.7. The van der Waals surface area contributed by atoms with Gasteiger partial charge in [-0.25, -0.2) is 4.79 Å². The predicted molar refractivity (Wildman–Crippen MR) is 354 cm³/mol. The number of nitrogens with two attached hydrogens (primary N) is 2. The minimum atomic E-state index is -3.85. The van der Waals surface area contributed by atoms with Crippen LogP contribution in [0.4, 0.5) is 0 Å². The molecule has 1 aromatic rings. The number of hydrogen-bond acceptors (Lipinski definition) is 18. The smallest absolute Gasteiger partial charge is 0.326 e. The number of phenolic OH excluding ortho intramolecular Hbond substituents is 1. The second kappa shape index (κ2) is 52.7. The summed E-state index contributed by atoms with van der Waals surface area (Å²) < 4.78 is 52.2. The van der Waals surface area contributed by atoms with Gasteiger partial charge in [0.15, 0.2) is 11.6 Å². The standard InChI is InChI=1S/C67H115N7O17S/c1-5-50(2)44-57(77)47-73-59(65(81)52(4)58(26-18-19-28-62(68)69)61(78)46-54(66(70)82)45-53-29-31-55(75)32-30-53)27-20-21-35-71-64(80)49-91-42-39-88-37-23-25-56(76)48-90-41-40-89-38-36-72-63(79)34-33-60(67(83)84)74-51(3)24-17-15-13-11-9-7-6-8-10-12-14-16-22-43-92(85,86)87/h29-32,50,52,54,58-60,73-75H,3,5-28,33-49H2,1-2,4H3,(H3,68,69)(H2,70,82)(H,71,80)(H,72,79)(H,83,84)(H,85,86,87)/t50?,52?,54-,58-,59+,60+/m1/s1. The molecule has 0 bridgehead atoms. The zero-order chi connectivity index (χ0) is 68.4. The first-order valence-corrected chi connectivity index (χ1v) is 35.2. The topological polar surface area (TPSA) is 392 Å². The lowest BCUT2D eigenvalue weighted by Gasteiger charge is -2.28. The molecule has 0 fully saturated rings. The van der Waals surface area contributed by atoms with Crippen molar-refractivity contribution in [3.8, 4) is 5.75 Å². The van der Waals surface area contributed by atoms with Gasteiger partial charge >= 0.3 is 5.97 Å². The molecule has 12 N–H and O–H groups in total. The SMILES string of the molecule is C=C(CCCCCCCCCCCCCCCS(=O)(=O)O)N[C@@H](CCC(=O)NCCOCCOCC(=O)CCCOCCOCC(=O)NCCCC[C@H](NCC(=O)CC(C)CC)C(=O)C(C)[C@@H](CCCCC(=N)N)C(=O)C[C@@H](Cc1ccc(O)cc1)C(N)=O)C(=O)O. The van der Waals surface area contributed by atoms with Gasteiger partial charge in [-0.1, -0.05) is 123 Å². The Bertz CT molecular complexity index is 2410. The van der Waals surface area contributed by atoms with E-state index in [9.17, 15) is 57.0 Å². The molecule has 0 aliphatic rings. The number of aromatic hydroxyl groups is 1. The molecule has 0 aliphatic carbocycles. The van der Waals surface area contributed by atoms with E-state index >= 15 is 0 Å². The number of amidine groups is 1. The van der Waals surface area contributed by atoms with Crippen LogP contribution in [0, 0.1) is 29.1 Å². The number of amides is 3. The van der Waals surface area contributed by atoms with Crippen LogP contribution < -0.4 is 32.7 Å². The van der Waals surface area contributed by atoms with Crippen LogP contribution in [0.1, 0.15) is 206 Å². The van der Waals surface area contributed by atoms with Crippen molar-refractivity contribution in [2.45, 2.75) is 219 Å². The molecular formula is C67H115N7O17S. The fourth-order valence-corrected chi connectivity index (χ4v) is 11.0. The van der Waals surface area contributed by atoms with Crippen molar-refractivity contribution in [1.82, 2.24) is 21.3 Å². The van der Waals surface area contributed by atoms with E-state index in [4.69, 9.17) is 40.4 Å². The molecule has 0 saturated heterocycles. The van der Waals surface area contributed by atoms with Gasteiger partial charge in [-0.2, -0.15) is 8.42 Å². The maximum Gasteiger partial charge on any atom is 0.326 e. The van der Waals surface area contributed by atoms with Crippen molar-refractivity contribution in [3.05, 3.63) is 42.1 Å². The number of Topliss-reactive ketones (excluding diaryl/α,β-unsaturated/α-hetero) is 4. The summed E-state index contributed by atoms with van der Waals surface area (Å²) in [7, 11) is -3.85. The van der Waals surface area contributed by atoms with Crippen molar-refractivity contribution in [2.75, 3.05) is 78.2 Å². The minimum Gasteiger partial charge on any atom is -0.508 e. The van der Waals surface area contributed by atoms with E-state index in [0.717, 1.165) is 57.8 Å². The lowest BCUT2D eigenvalue weighted by molar-refractivity contribution is -0.139. The molecule has 526 valence electrons. The van der Waals surface area contributed by atoms with E-state index in [-0.39, 0.29) is 150 Å². The molecule has 6 atom stereocenters. The second-order valence-electron chi connectivity index (χ2n) is 24.4. The van der Waals surface area contributed by atoms with Crippen molar-refractivity contribution >= 4 is 62.8 Å². The van der Waals surface area contributed by atoms with Crippen LogP contribution in [0.3, 0.4) is 0 Å². The quantitative estimate of drug-likeness (QED) is 0.0129. The highest BCUT2D eigenvalue weighted by Gasteiger charge is 2.35. The molecule has 25 heteroatoms. The van der Waals surface area contributed by atoms with E-state index in [1.54, 1.807) is 19.1 Å². The van der Waals surface area contributed by atoms with E-state index in [1.807, 2.05) is 13.8 Å². The highest BCUT2D eigenvalue weighted by atomic mass is 32.2. The Kier molecular flexibility index (Phi) is 48.3. The van der Waals surface area contributed by atoms with Crippen LogP contribution in [-0.4, -0.2) is 166 Å². The van der Waals surface area contributed by atoms with Crippen LogP contribution >= 0.6 is 0 Å². The number of carboxylic acid groups (broad SMARTS) is 1. The van der Waals surface area contributed by atoms with E-state index < -0.39 is 51.8 Å². The van der Waals surface area contributed by atoms with Gasteiger partial charge in [0.2, 0.25) is 17.7 Å². The molecule has 0 aliphatic heterocycles. The fourth-order valence-electron chi connectivity index (χ4n) is 10.4. The monoisotopic (exact) mass is 1320 g/mol. The number of hydrogen-bond donors (Lipinski definition) is 10. The predicted octanol–water partition coefficient (Wildman–Crippen LogP) is 7.78. The van der Waals surface area contributed by atoms with Gasteiger partial charge in [-0.05, 0) is 94.2 Å². The van der Waals surface area contributed by atoms with Gasteiger partial charge in [-0.15, -0.1) is 0 Å². The molecule has 1 rings (SSSR count). The third kappa shape index (κ3) is 46.4. The summed E-state index contributed by atoms with van der Waals surface area (Å²) in [6.07, 6.45) is 19.1. The van der Waals surface area contributed by atoms with E-state index in [0.29, 0.717) is 95.0 Å². The van der Waals surface area contributed by atoms with Crippen LogP contribution in [0.5, 0.6) is 5.75 Å². The first kappa shape index (κ1) is 84.3. The molecule has 1 aromatic carbocycles. The summed E-state index contributed by atoms with van der Waals surface area (Å²) in [5.74, 6) is -5.33. The molecular weight excluding hydrogens is 1210 g/mol. The first-order chi connectivity index (χ1) is 43.9. The highest BCUT2D eigenvalue weighted by Crippen LogP contribution is 2.28. The number of unbranched alkanes of at least 4 members (excludes halogenated alkanes) is 14.